The molecule has 0 aliphatic carbocycles. The second-order valence-electron chi connectivity index (χ2n) is 3.54. The lowest BCUT2D eigenvalue weighted by molar-refractivity contribution is -0.163. The van der Waals surface area contributed by atoms with E-state index in [1.165, 1.54) is 0 Å². The van der Waals surface area contributed by atoms with Crippen molar-refractivity contribution < 1.29 is 14.3 Å². The second kappa shape index (κ2) is 5.98. The first-order valence-electron chi connectivity index (χ1n) is 4.60. The zero-order valence-electron chi connectivity index (χ0n) is 8.41. The van der Waals surface area contributed by atoms with Crippen molar-refractivity contribution in [1.82, 2.24) is 5.32 Å². The summed E-state index contributed by atoms with van der Waals surface area (Å²) in [7, 11) is 0. The topological polar surface area (TPSA) is 55.4 Å². The highest BCUT2D eigenvalue weighted by Gasteiger charge is 2.26. The van der Waals surface area contributed by atoms with Gasteiger partial charge in [0.25, 0.3) is 0 Å². The van der Waals surface area contributed by atoms with Gasteiger partial charge in [-0.3, -0.25) is 4.79 Å². The minimum absolute atomic E-state index is 0. The summed E-state index contributed by atoms with van der Waals surface area (Å²) in [6.45, 7) is 4.24. The molecule has 1 rings (SSSR count). The first-order chi connectivity index (χ1) is 6.11. The van der Waals surface area contributed by atoms with Gasteiger partial charge in [-0.2, -0.15) is 0 Å². The van der Waals surface area contributed by atoms with Crippen molar-refractivity contribution in [2.24, 2.45) is 5.92 Å². The number of halogens is 1. The number of carbonyl (C=O) groups is 2. The van der Waals surface area contributed by atoms with E-state index >= 15 is 0 Å². The molecule has 0 radical (unpaired) electrons. The largest absolute Gasteiger partial charge is 0.392 e. The normalized spacial score (nSPS) is 20.4. The SMILES string of the molecule is CC(C)C(=O)OC(=O)[C@@H]1CCCN1.Cl. The number of hydrogen-bond acceptors (Lipinski definition) is 4. The van der Waals surface area contributed by atoms with Gasteiger partial charge < -0.3 is 10.1 Å². The van der Waals surface area contributed by atoms with Crippen LogP contribution < -0.4 is 5.32 Å². The van der Waals surface area contributed by atoms with Crippen LogP contribution in [0.25, 0.3) is 0 Å². The molecule has 1 atom stereocenters. The molecule has 0 amide bonds. The maximum absolute atomic E-state index is 11.3. The fraction of sp³-hybridized carbons (Fsp3) is 0.778. The lowest BCUT2D eigenvalue weighted by atomic mass is 10.2. The third-order valence-electron chi connectivity index (χ3n) is 2.02. The van der Waals surface area contributed by atoms with Gasteiger partial charge in [0, 0.05) is 0 Å². The Bertz CT molecular complexity index is 212. The van der Waals surface area contributed by atoms with Crippen molar-refractivity contribution in [2.45, 2.75) is 32.7 Å². The number of nitrogens with one attached hydrogen (secondary N) is 1. The molecular weight excluding hydrogens is 206 g/mol. The summed E-state index contributed by atoms with van der Waals surface area (Å²) in [6, 6.07) is -0.275. The van der Waals surface area contributed by atoms with Crippen molar-refractivity contribution in [2.75, 3.05) is 6.54 Å². The van der Waals surface area contributed by atoms with Gasteiger partial charge in [0.1, 0.15) is 6.04 Å². The van der Waals surface area contributed by atoms with Crippen molar-refractivity contribution in [3.8, 4) is 0 Å². The average Bonchev–Trinajstić information content (AvgIpc) is 2.55. The Morgan fingerprint density at radius 2 is 2.07 bits per heavy atom. The van der Waals surface area contributed by atoms with Crippen LogP contribution in [0.1, 0.15) is 26.7 Å². The standard InChI is InChI=1S/C9H15NO3.ClH/c1-6(2)8(11)13-9(12)7-4-3-5-10-7;/h6-7,10H,3-5H2,1-2H3;1H/t7-;/m0./s1. The molecule has 1 N–H and O–H groups in total. The van der Waals surface area contributed by atoms with Crippen molar-refractivity contribution in [3.05, 3.63) is 0 Å². The molecule has 0 aromatic rings. The van der Waals surface area contributed by atoms with Gasteiger partial charge in [-0.05, 0) is 19.4 Å². The molecule has 1 fully saturated rings. The highest BCUT2D eigenvalue weighted by atomic mass is 35.5. The fourth-order valence-electron chi connectivity index (χ4n) is 1.17. The molecular formula is C9H16ClNO3. The van der Waals surface area contributed by atoms with Gasteiger partial charge >= 0.3 is 11.9 Å². The molecule has 1 aliphatic heterocycles. The summed E-state index contributed by atoms with van der Waals surface area (Å²) in [5.74, 6) is -1.12. The van der Waals surface area contributed by atoms with Crippen molar-refractivity contribution in [3.63, 3.8) is 0 Å². The third-order valence-corrected chi connectivity index (χ3v) is 2.02. The zero-order chi connectivity index (χ0) is 9.84. The van der Waals surface area contributed by atoms with E-state index in [4.69, 9.17) is 0 Å². The lowest BCUT2D eigenvalue weighted by Crippen LogP contribution is -2.34. The minimum Gasteiger partial charge on any atom is -0.392 e. The first kappa shape index (κ1) is 13.4. The van der Waals surface area contributed by atoms with Gasteiger partial charge in [-0.15, -0.1) is 12.4 Å². The molecule has 0 bridgehead atoms. The van der Waals surface area contributed by atoms with Crippen molar-refractivity contribution >= 4 is 24.3 Å². The Morgan fingerprint density at radius 1 is 1.43 bits per heavy atom. The summed E-state index contributed by atoms with van der Waals surface area (Å²) in [4.78, 5) is 22.3. The van der Waals surface area contributed by atoms with Crippen LogP contribution in [-0.4, -0.2) is 24.5 Å². The lowest BCUT2D eigenvalue weighted by Gasteiger charge is -2.09. The average molecular weight is 222 g/mol. The molecule has 0 aromatic carbocycles. The van der Waals surface area contributed by atoms with Gasteiger partial charge in [-0.25, -0.2) is 4.79 Å². The number of rotatable bonds is 2. The quantitative estimate of drug-likeness (QED) is 0.556. The molecule has 1 saturated heterocycles. The minimum atomic E-state index is -0.446. The molecule has 0 aromatic heterocycles. The van der Waals surface area contributed by atoms with E-state index < -0.39 is 11.9 Å². The molecule has 5 heteroatoms. The first-order valence-corrected chi connectivity index (χ1v) is 4.60. The predicted octanol–water partition coefficient (Wildman–Crippen LogP) is 0.886. The molecule has 1 heterocycles. The Labute approximate surface area is 89.8 Å². The van der Waals surface area contributed by atoms with E-state index in [0.717, 1.165) is 19.4 Å². The molecule has 14 heavy (non-hydrogen) atoms. The summed E-state index contributed by atoms with van der Waals surface area (Å²) < 4.78 is 4.66. The molecule has 4 nitrogen and oxygen atoms in total. The van der Waals surface area contributed by atoms with Gasteiger partial charge in [0.15, 0.2) is 0 Å². The van der Waals surface area contributed by atoms with Crippen LogP contribution in [0, 0.1) is 5.92 Å². The third kappa shape index (κ3) is 3.64. The van der Waals surface area contributed by atoms with Crippen LogP contribution in [-0.2, 0) is 14.3 Å². The Balaban J connectivity index is 0.00000169. The summed E-state index contributed by atoms with van der Waals surface area (Å²) in [5, 5.41) is 2.97. The summed E-state index contributed by atoms with van der Waals surface area (Å²) >= 11 is 0. The fourth-order valence-corrected chi connectivity index (χ4v) is 1.17. The van der Waals surface area contributed by atoms with E-state index in [0.29, 0.717) is 0 Å². The Kier molecular flexibility index (Phi) is 5.72. The predicted molar refractivity (Wildman–Crippen MR) is 54.2 cm³/mol. The highest BCUT2D eigenvalue weighted by molar-refractivity contribution is 5.89. The van der Waals surface area contributed by atoms with Crippen LogP contribution in [0.4, 0.5) is 0 Å². The van der Waals surface area contributed by atoms with E-state index in [2.05, 4.69) is 10.1 Å². The van der Waals surface area contributed by atoms with Gasteiger partial charge in [0.2, 0.25) is 0 Å². The smallest absolute Gasteiger partial charge is 0.330 e. The summed E-state index contributed by atoms with van der Waals surface area (Å²) in [6.07, 6.45) is 1.74. The molecule has 82 valence electrons. The van der Waals surface area contributed by atoms with E-state index in [1.54, 1.807) is 13.8 Å². The van der Waals surface area contributed by atoms with Gasteiger partial charge in [0.05, 0.1) is 5.92 Å². The van der Waals surface area contributed by atoms with Gasteiger partial charge in [-0.1, -0.05) is 13.8 Å². The van der Waals surface area contributed by atoms with E-state index in [1.807, 2.05) is 0 Å². The number of hydrogen-bond donors (Lipinski definition) is 1. The molecule has 1 aliphatic rings. The maximum atomic E-state index is 11.3. The van der Waals surface area contributed by atoms with Crippen LogP contribution in [0.5, 0.6) is 0 Å². The Morgan fingerprint density at radius 3 is 2.50 bits per heavy atom. The van der Waals surface area contributed by atoms with E-state index in [-0.39, 0.29) is 24.4 Å². The zero-order valence-corrected chi connectivity index (χ0v) is 9.23. The number of carbonyl (C=O) groups excluding carboxylic acids is 2. The molecule has 0 unspecified atom stereocenters. The highest BCUT2D eigenvalue weighted by Crippen LogP contribution is 2.07. The number of ether oxygens (including phenoxy) is 1. The maximum Gasteiger partial charge on any atom is 0.330 e. The number of esters is 2. The summed E-state index contributed by atoms with van der Waals surface area (Å²) in [5.41, 5.74) is 0. The van der Waals surface area contributed by atoms with Crippen LogP contribution in [0.3, 0.4) is 0 Å². The Hall–Kier alpha value is -0.610. The van der Waals surface area contributed by atoms with Crippen LogP contribution in [0.15, 0.2) is 0 Å². The van der Waals surface area contributed by atoms with Crippen LogP contribution >= 0.6 is 12.4 Å². The molecule has 0 spiro atoms. The van der Waals surface area contributed by atoms with E-state index in [9.17, 15) is 9.59 Å². The second-order valence-corrected chi connectivity index (χ2v) is 3.54. The van der Waals surface area contributed by atoms with Crippen molar-refractivity contribution in [1.29, 1.82) is 0 Å². The molecule has 0 saturated carbocycles. The van der Waals surface area contributed by atoms with Crippen LogP contribution in [0.2, 0.25) is 0 Å². The monoisotopic (exact) mass is 221 g/mol.